The zero-order chi connectivity index (χ0) is 5.70. The Hall–Kier alpha value is 0.350. The summed E-state index contributed by atoms with van der Waals surface area (Å²) in [6.07, 6.45) is 1.23. The van der Waals surface area contributed by atoms with E-state index in [0.717, 1.165) is 8.73 Å². The van der Waals surface area contributed by atoms with Crippen LogP contribution in [0.25, 0.3) is 0 Å². The third kappa shape index (κ3) is 4.20. The van der Waals surface area contributed by atoms with Crippen molar-refractivity contribution in [2.24, 2.45) is 0 Å². The topological polar surface area (TPSA) is 15.3 Å². The van der Waals surface area contributed by atoms with Crippen LogP contribution in [0.5, 0.6) is 0 Å². The second-order valence-electron chi connectivity index (χ2n) is 1.29. The van der Waals surface area contributed by atoms with Gasteiger partial charge in [-0.2, -0.15) is 0 Å². The molecule has 1 unspecified atom stereocenters. The lowest BCUT2D eigenvalue weighted by Crippen LogP contribution is -2.21. The highest BCUT2D eigenvalue weighted by Crippen LogP contribution is 2.08. The summed E-state index contributed by atoms with van der Waals surface area (Å²) in [5.74, 6) is 0. The third-order valence-electron chi connectivity index (χ3n) is 0.731. The van der Waals surface area contributed by atoms with Gasteiger partial charge in [0.1, 0.15) is 0 Å². The Labute approximate surface area is 47.1 Å². The zero-order valence-electron chi connectivity index (χ0n) is 5.15. The molecule has 0 rings (SSSR count). The number of hydrogen-bond donors (Lipinski definition) is 1. The zero-order valence-corrected chi connectivity index (χ0v) is 6.15. The summed E-state index contributed by atoms with van der Waals surface area (Å²) < 4.78 is 2.08. The molecule has 0 saturated heterocycles. The van der Waals surface area contributed by atoms with E-state index in [9.17, 15) is 0 Å². The highest BCUT2D eigenvalue weighted by atomic mass is 31.1. The normalized spacial score (nSPS) is 12.0. The van der Waals surface area contributed by atoms with Gasteiger partial charge in [-0.1, -0.05) is 6.92 Å². The van der Waals surface area contributed by atoms with Gasteiger partial charge in [-0.3, -0.25) is 5.43 Å². The largest absolute Gasteiger partial charge is 0.255 e. The van der Waals surface area contributed by atoms with Crippen molar-refractivity contribution in [3.63, 3.8) is 0 Å². The third-order valence-corrected chi connectivity index (χ3v) is 1.74. The monoisotopic (exact) mass is 120 g/mol. The van der Waals surface area contributed by atoms with E-state index in [2.05, 4.69) is 17.1 Å². The van der Waals surface area contributed by atoms with Gasteiger partial charge in [0.2, 0.25) is 0 Å². The van der Waals surface area contributed by atoms with Gasteiger partial charge in [-0.25, -0.2) is 4.78 Å². The van der Waals surface area contributed by atoms with Crippen molar-refractivity contribution in [3.05, 3.63) is 0 Å². The maximum atomic E-state index is 3.01. The maximum Gasteiger partial charge on any atom is 0.00542 e. The summed E-state index contributed by atoms with van der Waals surface area (Å²) in [6.45, 7) is 2.17. The molecule has 0 heterocycles. The van der Waals surface area contributed by atoms with E-state index in [-0.39, 0.29) is 0 Å². The first-order valence-electron chi connectivity index (χ1n) is 2.46. The highest BCUT2D eigenvalue weighted by molar-refractivity contribution is 7.35. The Morgan fingerprint density at radius 3 is 2.43 bits per heavy atom. The second-order valence-corrected chi connectivity index (χ2v) is 2.99. The van der Waals surface area contributed by atoms with E-state index in [1.54, 1.807) is 0 Å². The minimum absolute atomic E-state index is 0.911. The number of rotatable bonds is 3. The van der Waals surface area contributed by atoms with Crippen LogP contribution in [0.1, 0.15) is 6.92 Å². The van der Waals surface area contributed by atoms with Crippen LogP contribution in [0, 0.1) is 0 Å². The van der Waals surface area contributed by atoms with E-state index in [0.29, 0.717) is 0 Å². The van der Waals surface area contributed by atoms with Crippen LogP contribution in [0.2, 0.25) is 0 Å². The molecule has 0 aliphatic heterocycles. The standard InChI is InChI=1S/C4H13N2P/c1-4-7-6(3)5-2/h5,7H,4H2,1-3H3. The summed E-state index contributed by atoms with van der Waals surface area (Å²) in [5, 5.41) is 0. The number of hydrazine groups is 1. The molecule has 0 aromatic rings. The van der Waals surface area contributed by atoms with Gasteiger partial charge in [0.05, 0.1) is 0 Å². The van der Waals surface area contributed by atoms with Gasteiger partial charge in [-0.15, -0.1) is 0 Å². The second kappa shape index (κ2) is 4.51. The number of hydrogen-bond acceptors (Lipinski definition) is 2. The average molecular weight is 120 g/mol. The van der Waals surface area contributed by atoms with Crippen molar-refractivity contribution in [1.29, 1.82) is 0 Å². The molecule has 0 aliphatic rings. The van der Waals surface area contributed by atoms with Gasteiger partial charge in [0, 0.05) is 7.05 Å². The fraction of sp³-hybridized carbons (Fsp3) is 1.00. The molecule has 3 heteroatoms. The van der Waals surface area contributed by atoms with Crippen LogP contribution < -0.4 is 5.43 Å². The van der Waals surface area contributed by atoms with Crippen molar-refractivity contribution >= 4 is 8.73 Å². The van der Waals surface area contributed by atoms with Crippen LogP contribution in [-0.2, 0) is 0 Å². The van der Waals surface area contributed by atoms with Gasteiger partial charge in [0.15, 0.2) is 0 Å². The molecule has 7 heavy (non-hydrogen) atoms. The Morgan fingerprint density at radius 2 is 2.29 bits per heavy atom. The molecule has 0 radical (unpaired) electrons. The van der Waals surface area contributed by atoms with Crippen LogP contribution in [0.4, 0.5) is 0 Å². The SMILES string of the molecule is CCPN(C)NC. The molecule has 0 fully saturated rings. The number of nitrogens with zero attached hydrogens (tertiary/aromatic N) is 1. The molecule has 0 saturated carbocycles. The predicted molar refractivity (Wildman–Crippen MR) is 35.7 cm³/mol. The van der Waals surface area contributed by atoms with Crippen molar-refractivity contribution in [3.8, 4) is 0 Å². The predicted octanol–water partition coefficient (Wildman–Crippen LogP) is 0.666. The van der Waals surface area contributed by atoms with Crippen molar-refractivity contribution < 1.29 is 0 Å². The van der Waals surface area contributed by atoms with Crippen LogP contribution in [-0.4, -0.2) is 25.0 Å². The molecule has 1 atom stereocenters. The summed E-state index contributed by atoms with van der Waals surface area (Å²) in [5.41, 5.74) is 3.01. The molecule has 2 nitrogen and oxygen atoms in total. The number of nitrogens with one attached hydrogen (secondary N) is 1. The molecule has 0 spiro atoms. The smallest absolute Gasteiger partial charge is 0.00542 e. The average Bonchev–Trinajstić information content (AvgIpc) is 1.68. The first-order chi connectivity index (χ1) is 3.31. The van der Waals surface area contributed by atoms with E-state index in [4.69, 9.17) is 0 Å². The van der Waals surface area contributed by atoms with E-state index < -0.39 is 0 Å². The molecule has 44 valence electrons. The Kier molecular flexibility index (Phi) is 4.73. The van der Waals surface area contributed by atoms with Crippen molar-refractivity contribution in [2.45, 2.75) is 6.92 Å². The Morgan fingerprint density at radius 1 is 1.71 bits per heavy atom. The lowest BCUT2D eigenvalue weighted by molar-refractivity contribution is 0.456. The Balaban J connectivity index is 2.83. The summed E-state index contributed by atoms with van der Waals surface area (Å²) in [6, 6.07) is 0. The first-order valence-corrected chi connectivity index (χ1v) is 3.61. The lowest BCUT2D eigenvalue weighted by Gasteiger charge is -2.11. The van der Waals surface area contributed by atoms with Crippen LogP contribution >= 0.6 is 8.73 Å². The van der Waals surface area contributed by atoms with Gasteiger partial charge in [-0.05, 0) is 21.9 Å². The summed E-state index contributed by atoms with van der Waals surface area (Å²) >= 11 is 0. The molecule has 0 aliphatic carbocycles. The molecule has 0 aromatic heterocycles. The van der Waals surface area contributed by atoms with Crippen molar-refractivity contribution in [2.75, 3.05) is 20.3 Å². The molecule has 0 aromatic carbocycles. The van der Waals surface area contributed by atoms with Gasteiger partial charge < -0.3 is 0 Å². The molecule has 1 N–H and O–H groups in total. The van der Waals surface area contributed by atoms with E-state index in [1.807, 2.05) is 14.1 Å². The quantitative estimate of drug-likeness (QED) is 0.435. The summed E-state index contributed by atoms with van der Waals surface area (Å²) in [4.78, 5) is 0. The Bertz CT molecular complexity index is 40.7. The minimum atomic E-state index is 0.911. The molecule has 0 amide bonds. The van der Waals surface area contributed by atoms with Crippen molar-refractivity contribution in [1.82, 2.24) is 10.2 Å². The maximum absolute atomic E-state index is 3.01. The fourth-order valence-corrected chi connectivity index (χ4v) is 0.949. The summed E-state index contributed by atoms with van der Waals surface area (Å²) in [7, 11) is 4.89. The first kappa shape index (κ1) is 7.35. The van der Waals surface area contributed by atoms with Gasteiger partial charge >= 0.3 is 0 Å². The van der Waals surface area contributed by atoms with E-state index in [1.165, 1.54) is 6.16 Å². The van der Waals surface area contributed by atoms with Gasteiger partial charge in [0.25, 0.3) is 0 Å². The lowest BCUT2D eigenvalue weighted by atomic mass is 11.0. The van der Waals surface area contributed by atoms with Crippen LogP contribution in [0.15, 0.2) is 0 Å². The molecular weight excluding hydrogens is 107 g/mol. The van der Waals surface area contributed by atoms with Crippen LogP contribution in [0.3, 0.4) is 0 Å². The van der Waals surface area contributed by atoms with E-state index >= 15 is 0 Å². The minimum Gasteiger partial charge on any atom is -0.255 e. The fourth-order valence-electron chi connectivity index (χ4n) is 0.316. The molecular formula is C4H13N2P. The molecule has 0 bridgehead atoms. The highest BCUT2D eigenvalue weighted by Gasteiger charge is 1.85.